The molecule has 0 saturated heterocycles. The summed E-state index contributed by atoms with van der Waals surface area (Å²) in [5.74, 6) is 1.64. The first-order valence-corrected chi connectivity index (χ1v) is 14.2. The molecule has 2 N–H and O–H groups in total. The van der Waals surface area contributed by atoms with Crippen molar-refractivity contribution in [3.63, 3.8) is 0 Å². The van der Waals surface area contributed by atoms with Crippen molar-refractivity contribution in [3.05, 3.63) is 103 Å². The molecule has 5 aromatic rings. The van der Waals surface area contributed by atoms with E-state index in [4.69, 9.17) is 14.0 Å². The number of benzene rings is 4. The van der Waals surface area contributed by atoms with E-state index in [9.17, 15) is 9.59 Å². The van der Waals surface area contributed by atoms with Gasteiger partial charge in [0.2, 0.25) is 11.8 Å². The Balaban J connectivity index is 1.31. The minimum absolute atomic E-state index is 0.00594. The highest BCUT2D eigenvalue weighted by molar-refractivity contribution is 5.95. The molecule has 0 unspecified atom stereocenters. The van der Waals surface area contributed by atoms with E-state index >= 15 is 0 Å². The molecule has 0 saturated carbocycles. The van der Waals surface area contributed by atoms with Crippen molar-refractivity contribution in [1.82, 2.24) is 5.16 Å². The lowest BCUT2D eigenvalue weighted by molar-refractivity contribution is -0.123. The quantitative estimate of drug-likeness (QED) is 0.181. The zero-order valence-electron chi connectivity index (χ0n) is 25.4. The van der Waals surface area contributed by atoms with E-state index in [1.165, 1.54) is 0 Å². The number of rotatable bonds is 9. The van der Waals surface area contributed by atoms with Crippen LogP contribution in [0.15, 0.2) is 102 Å². The molecule has 8 nitrogen and oxygen atoms in total. The minimum atomic E-state index is -0.470. The van der Waals surface area contributed by atoms with Crippen LogP contribution in [0.25, 0.3) is 33.5 Å². The van der Waals surface area contributed by atoms with Gasteiger partial charge in [0.15, 0.2) is 5.76 Å². The topological polar surface area (TPSA) is 103 Å². The van der Waals surface area contributed by atoms with Crippen LogP contribution in [0.4, 0.5) is 11.4 Å². The third-order valence-electron chi connectivity index (χ3n) is 7.15. The van der Waals surface area contributed by atoms with Crippen LogP contribution in [0.3, 0.4) is 0 Å². The average Bonchev–Trinajstić information content (AvgIpc) is 3.44. The summed E-state index contributed by atoms with van der Waals surface area (Å²) >= 11 is 0. The standard InChI is InChI=1S/C36H35N3O5/c1-36(2,3)35(41)38-28-16-8-24(9-17-28)23-6-14-27(15-7-23)37-32(40)22-31-33(25-10-18-29(42-4)19-11-25)34(39-44-31)26-12-20-30(43-5)21-13-26/h6-21H,22H2,1-5H3,(H,37,40)(H,38,41). The van der Waals surface area contributed by atoms with Crippen molar-refractivity contribution in [3.8, 4) is 45.0 Å². The molecule has 0 aliphatic rings. The van der Waals surface area contributed by atoms with Crippen molar-refractivity contribution in [1.29, 1.82) is 0 Å². The fraction of sp³-hybridized carbons (Fsp3) is 0.194. The van der Waals surface area contributed by atoms with Crippen LogP contribution in [0, 0.1) is 5.41 Å². The van der Waals surface area contributed by atoms with Crippen molar-refractivity contribution in [2.45, 2.75) is 27.2 Å². The molecule has 4 aromatic carbocycles. The van der Waals surface area contributed by atoms with E-state index in [2.05, 4.69) is 15.8 Å². The number of hydrogen-bond acceptors (Lipinski definition) is 6. The van der Waals surface area contributed by atoms with Gasteiger partial charge in [0.05, 0.1) is 26.2 Å². The number of amides is 2. The zero-order valence-corrected chi connectivity index (χ0v) is 25.4. The summed E-state index contributed by atoms with van der Waals surface area (Å²) in [4.78, 5) is 25.4. The second-order valence-electron chi connectivity index (χ2n) is 11.4. The number of aromatic nitrogens is 1. The number of anilines is 2. The summed E-state index contributed by atoms with van der Waals surface area (Å²) in [6.45, 7) is 5.63. The molecule has 0 aliphatic heterocycles. The Kier molecular flexibility index (Phi) is 8.81. The van der Waals surface area contributed by atoms with Gasteiger partial charge in [0, 0.05) is 22.4 Å². The molecule has 0 aliphatic carbocycles. The highest BCUT2D eigenvalue weighted by Crippen LogP contribution is 2.36. The van der Waals surface area contributed by atoms with Crippen LogP contribution in [0.2, 0.25) is 0 Å². The number of hydrogen-bond donors (Lipinski definition) is 2. The summed E-state index contributed by atoms with van der Waals surface area (Å²) in [6.07, 6.45) is -0.00594. The first kappa shape index (κ1) is 30.1. The second kappa shape index (κ2) is 12.9. The molecule has 0 radical (unpaired) electrons. The van der Waals surface area contributed by atoms with Gasteiger partial charge < -0.3 is 24.6 Å². The minimum Gasteiger partial charge on any atom is -0.497 e. The Morgan fingerprint density at radius 2 is 1.11 bits per heavy atom. The Labute approximate surface area is 257 Å². The lowest BCUT2D eigenvalue weighted by Gasteiger charge is -2.17. The molecule has 224 valence electrons. The number of carbonyl (C=O) groups excluding carboxylic acids is 2. The Morgan fingerprint density at radius 3 is 1.59 bits per heavy atom. The summed E-state index contributed by atoms with van der Waals surface area (Å²) < 4.78 is 16.4. The van der Waals surface area contributed by atoms with Crippen molar-refractivity contribution in [2.75, 3.05) is 24.9 Å². The maximum Gasteiger partial charge on any atom is 0.232 e. The lowest BCUT2D eigenvalue weighted by Crippen LogP contribution is -2.27. The van der Waals surface area contributed by atoms with Crippen LogP contribution in [0.5, 0.6) is 11.5 Å². The first-order chi connectivity index (χ1) is 21.1. The predicted molar refractivity (Wildman–Crippen MR) is 173 cm³/mol. The number of nitrogens with one attached hydrogen (secondary N) is 2. The SMILES string of the molecule is COc1ccc(-c2noc(CC(=O)Nc3ccc(-c4ccc(NC(=O)C(C)(C)C)cc4)cc3)c2-c2ccc(OC)cc2)cc1. The molecule has 8 heteroatoms. The van der Waals surface area contributed by atoms with E-state index < -0.39 is 5.41 Å². The van der Waals surface area contributed by atoms with Gasteiger partial charge >= 0.3 is 0 Å². The van der Waals surface area contributed by atoms with Crippen molar-refractivity contribution in [2.24, 2.45) is 5.41 Å². The van der Waals surface area contributed by atoms with Gasteiger partial charge in [0.1, 0.15) is 17.2 Å². The van der Waals surface area contributed by atoms with Gasteiger partial charge in [-0.1, -0.05) is 62.3 Å². The monoisotopic (exact) mass is 589 g/mol. The van der Waals surface area contributed by atoms with Crippen molar-refractivity contribution < 1.29 is 23.6 Å². The molecule has 44 heavy (non-hydrogen) atoms. The maximum absolute atomic E-state index is 13.2. The van der Waals surface area contributed by atoms with Gasteiger partial charge in [0.25, 0.3) is 0 Å². The summed E-state index contributed by atoms with van der Waals surface area (Å²) in [7, 11) is 3.23. The van der Waals surface area contributed by atoms with Gasteiger partial charge in [-0.3, -0.25) is 9.59 Å². The third-order valence-corrected chi connectivity index (χ3v) is 7.15. The fourth-order valence-corrected chi connectivity index (χ4v) is 4.61. The number of nitrogens with zero attached hydrogens (tertiary/aromatic N) is 1. The molecule has 1 heterocycles. The summed E-state index contributed by atoms with van der Waals surface area (Å²) in [5, 5.41) is 10.3. The molecule has 5 rings (SSSR count). The molecule has 2 amide bonds. The Bertz CT molecular complexity index is 1730. The van der Waals surface area contributed by atoms with E-state index in [0.717, 1.165) is 45.0 Å². The molecular weight excluding hydrogens is 554 g/mol. The molecule has 0 bridgehead atoms. The normalized spacial score (nSPS) is 11.1. The van der Waals surface area contributed by atoms with E-state index in [1.807, 2.05) is 118 Å². The first-order valence-electron chi connectivity index (χ1n) is 14.2. The highest BCUT2D eigenvalue weighted by Gasteiger charge is 2.23. The number of methoxy groups -OCH3 is 2. The largest absolute Gasteiger partial charge is 0.497 e. The summed E-state index contributed by atoms with van der Waals surface area (Å²) in [5.41, 5.74) is 5.98. The maximum atomic E-state index is 13.2. The van der Waals surface area contributed by atoms with E-state index in [1.54, 1.807) is 14.2 Å². The molecule has 0 fully saturated rings. The van der Waals surface area contributed by atoms with E-state index in [0.29, 0.717) is 17.1 Å². The van der Waals surface area contributed by atoms with Gasteiger partial charge in [-0.15, -0.1) is 0 Å². The lowest BCUT2D eigenvalue weighted by atomic mass is 9.95. The highest BCUT2D eigenvalue weighted by atomic mass is 16.5. The van der Waals surface area contributed by atoms with E-state index in [-0.39, 0.29) is 18.2 Å². The summed E-state index contributed by atoms with van der Waals surface area (Å²) in [6, 6.07) is 30.4. The Hall–Kier alpha value is -5.37. The Morgan fingerprint density at radius 1 is 0.659 bits per heavy atom. The van der Waals surface area contributed by atoms with Gasteiger partial charge in [-0.05, 0) is 77.4 Å². The van der Waals surface area contributed by atoms with Crippen LogP contribution < -0.4 is 20.1 Å². The predicted octanol–water partition coefficient (Wildman–Crippen LogP) is 7.86. The molecule has 0 spiro atoms. The zero-order chi connectivity index (χ0) is 31.3. The van der Waals surface area contributed by atoms with Crippen LogP contribution in [-0.4, -0.2) is 31.2 Å². The molecule has 1 aromatic heterocycles. The van der Waals surface area contributed by atoms with Gasteiger partial charge in [-0.25, -0.2) is 0 Å². The third kappa shape index (κ3) is 6.98. The van der Waals surface area contributed by atoms with Crippen LogP contribution >= 0.6 is 0 Å². The van der Waals surface area contributed by atoms with Gasteiger partial charge in [-0.2, -0.15) is 0 Å². The average molecular weight is 590 g/mol. The van der Waals surface area contributed by atoms with Crippen LogP contribution in [0.1, 0.15) is 26.5 Å². The molecule has 0 atom stereocenters. The smallest absolute Gasteiger partial charge is 0.232 e. The van der Waals surface area contributed by atoms with Crippen LogP contribution in [-0.2, 0) is 16.0 Å². The number of ether oxygens (including phenoxy) is 2. The van der Waals surface area contributed by atoms with Crippen molar-refractivity contribution >= 4 is 23.2 Å². The fourth-order valence-electron chi connectivity index (χ4n) is 4.61. The number of carbonyl (C=O) groups is 2. The molecular formula is C36H35N3O5. The second-order valence-corrected chi connectivity index (χ2v) is 11.4.